The third-order valence-corrected chi connectivity index (χ3v) is 3.75. The van der Waals surface area contributed by atoms with Gasteiger partial charge in [-0.3, -0.25) is 4.79 Å². The molecule has 6 heteroatoms. The minimum Gasteiger partial charge on any atom is -0.422 e. The molecule has 0 aliphatic carbocycles. The molecule has 0 N–H and O–H groups in total. The molecule has 0 spiro atoms. The van der Waals surface area contributed by atoms with Crippen molar-refractivity contribution in [2.45, 2.75) is 19.1 Å². The molecule has 4 nitrogen and oxygen atoms in total. The van der Waals surface area contributed by atoms with Crippen LogP contribution in [0.15, 0.2) is 18.2 Å². The molecule has 1 aromatic rings. The number of sulfone groups is 1. The molecule has 0 saturated carbocycles. The fraction of sp³-hybridized carbons (Fsp3) is 0.364. The Balaban J connectivity index is 2.92. The number of aryl methyl sites for hydroxylation is 1. The van der Waals surface area contributed by atoms with Crippen molar-refractivity contribution in [3.05, 3.63) is 29.6 Å². The van der Waals surface area contributed by atoms with Gasteiger partial charge in [-0.1, -0.05) is 6.07 Å². The summed E-state index contributed by atoms with van der Waals surface area (Å²) in [5.74, 6) is -1.95. The first-order chi connectivity index (χ1) is 7.71. The number of carbonyl (C=O) groups is 1. The molecule has 94 valence electrons. The van der Waals surface area contributed by atoms with Crippen LogP contribution in [0.25, 0.3) is 0 Å². The van der Waals surface area contributed by atoms with E-state index in [-0.39, 0.29) is 5.75 Å². The van der Waals surface area contributed by atoms with Gasteiger partial charge in [-0.15, -0.1) is 0 Å². The van der Waals surface area contributed by atoms with E-state index in [2.05, 4.69) is 0 Å². The molecule has 0 aliphatic rings. The summed E-state index contributed by atoms with van der Waals surface area (Å²) >= 11 is 0. The van der Waals surface area contributed by atoms with Gasteiger partial charge >= 0.3 is 5.97 Å². The highest BCUT2D eigenvalue weighted by molar-refractivity contribution is 7.92. The summed E-state index contributed by atoms with van der Waals surface area (Å²) in [4.78, 5) is 11.5. The first-order valence-corrected chi connectivity index (χ1v) is 6.84. The van der Waals surface area contributed by atoms with Crippen molar-refractivity contribution in [3.8, 4) is 5.75 Å². The summed E-state index contributed by atoms with van der Waals surface area (Å²) in [5.41, 5.74) is 0.709. The molecule has 0 amide bonds. The fourth-order valence-electron chi connectivity index (χ4n) is 1.05. The van der Waals surface area contributed by atoms with Crippen molar-refractivity contribution in [3.63, 3.8) is 0 Å². The second-order valence-electron chi connectivity index (χ2n) is 3.83. The van der Waals surface area contributed by atoms with Crippen LogP contribution in [0.3, 0.4) is 0 Å². The van der Waals surface area contributed by atoms with Gasteiger partial charge in [0.1, 0.15) is 0 Å². The predicted octanol–water partition coefficient (Wildman–Crippen LogP) is 1.47. The highest BCUT2D eigenvalue weighted by Crippen LogP contribution is 2.19. The van der Waals surface area contributed by atoms with Gasteiger partial charge in [-0.2, -0.15) is 0 Å². The van der Waals surface area contributed by atoms with Crippen LogP contribution in [0.4, 0.5) is 4.39 Å². The number of rotatable bonds is 3. The first kappa shape index (κ1) is 13.6. The van der Waals surface area contributed by atoms with Crippen LogP contribution in [0.1, 0.15) is 12.5 Å². The van der Waals surface area contributed by atoms with Crippen molar-refractivity contribution in [1.82, 2.24) is 0 Å². The molecule has 0 radical (unpaired) electrons. The average Bonchev–Trinajstić information content (AvgIpc) is 2.21. The van der Waals surface area contributed by atoms with Crippen molar-refractivity contribution in [2.75, 3.05) is 6.26 Å². The zero-order valence-corrected chi connectivity index (χ0v) is 10.5. The highest BCUT2D eigenvalue weighted by Gasteiger charge is 2.26. The summed E-state index contributed by atoms with van der Waals surface area (Å²) in [5, 5.41) is -1.32. The number of hydrogen-bond donors (Lipinski definition) is 0. The van der Waals surface area contributed by atoms with E-state index in [4.69, 9.17) is 4.74 Å². The van der Waals surface area contributed by atoms with Crippen molar-refractivity contribution in [1.29, 1.82) is 0 Å². The van der Waals surface area contributed by atoms with Crippen LogP contribution in [0.5, 0.6) is 5.75 Å². The molecule has 1 atom stereocenters. The Morgan fingerprint density at radius 2 is 2.00 bits per heavy atom. The number of esters is 1. The van der Waals surface area contributed by atoms with Gasteiger partial charge in [0.05, 0.1) is 0 Å². The molecule has 1 rings (SSSR count). The van der Waals surface area contributed by atoms with E-state index < -0.39 is 26.9 Å². The lowest BCUT2D eigenvalue weighted by molar-refractivity contribution is -0.133. The minimum absolute atomic E-state index is 0.259. The number of benzene rings is 1. The molecule has 0 bridgehead atoms. The van der Waals surface area contributed by atoms with Crippen LogP contribution in [-0.2, 0) is 14.6 Å². The summed E-state index contributed by atoms with van der Waals surface area (Å²) in [6.07, 6.45) is 0.922. The summed E-state index contributed by atoms with van der Waals surface area (Å²) in [6, 6.07) is 4.01. The van der Waals surface area contributed by atoms with Gasteiger partial charge in [-0.25, -0.2) is 12.8 Å². The van der Waals surface area contributed by atoms with E-state index in [1.807, 2.05) is 0 Å². The van der Waals surface area contributed by atoms with E-state index in [1.165, 1.54) is 19.1 Å². The highest BCUT2D eigenvalue weighted by atomic mass is 32.2. The molecular formula is C11H13FO4S. The zero-order chi connectivity index (χ0) is 13.2. The van der Waals surface area contributed by atoms with E-state index >= 15 is 0 Å². The van der Waals surface area contributed by atoms with Gasteiger partial charge in [0.2, 0.25) is 0 Å². The second-order valence-corrected chi connectivity index (χ2v) is 6.19. The molecular weight excluding hydrogens is 247 g/mol. The van der Waals surface area contributed by atoms with E-state index in [0.717, 1.165) is 12.3 Å². The lowest BCUT2D eigenvalue weighted by atomic mass is 10.2. The summed E-state index contributed by atoms with van der Waals surface area (Å²) in [6.45, 7) is 2.90. The Labute approximate surface area is 99.3 Å². The molecule has 0 unspecified atom stereocenters. The number of hydrogen-bond acceptors (Lipinski definition) is 4. The van der Waals surface area contributed by atoms with Gasteiger partial charge in [0.25, 0.3) is 0 Å². The number of carbonyl (C=O) groups excluding carboxylic acids is 1. The normalized spacial score (nSPS) is 13.2. The van der Waals surface area contributed by atoms with E-state index in [9.17, 15) is 17.6 Å². The van der Waals surface area contributed by atoms with Crippen LogP contribution < -0.4 is 4.74 Å². The molecule has 17 heavy (non-hydrogen) atoms. The average molecular weight is 260 g/mol. The van der Waals surface area contributed by atoms with Crippen LogP contribution in [0, 0.1) is 12.7 Å². The lowest BCUT2D eigenvalue weighted by Crippen LogP contribution is -2.30. The molecule has 0 saturated heterocycles. The maximum absolute atomic E-state index is 13.3. The molecule has 0 aliphatic heterocycles. The van der Waals surface area contributed by atoms with Gasteiger partial charge < -0.3 is 4.74 Å². The Morgan fingerprint density at radius 3 is 2.53 bits per heavy atom. The van der Waals surface area contributed by atoms with E-state index in [1.54, 1.807) is 6.92 Å². The van der Waals surface area contributed by atoms with Crippen LogP contribution in [0.2, 0.25) is 0 Å². The van der Waals surface area contributed by atoms with Gasteiger partial charge in [-0.05, 0) is 31.5 Å². The van der Waals surface area contributed by atoms with Gasteiger partial charge in [0, 0.05) is 6.26 Å². The maximum atomic E-state index is 13.3. The quantitative estimate of drug-likeness (QED) is 0.610. The maximum Gasteiger partial charge on any atom is 0.329 e. The van der Waals surface area contributed by atoms with Gasteiger partial charge in [0.15, 0.2) is 26.7 Å². The first-order valence-electron chi connectivity index (χ1n) is 4.88. The monoisotopic (exact) mass is 260 g/mol. The zero-order valence-electron chi connectivity index (χ0n) is 9.73. The third kappa shape index (κ3) is 3.52. The van der Waals surface area contributed by atoms with Crippen molar-refractivity contribution < 1.29 is 22.3 Å². The molecule has 1 aromatic carbocycles. The van der Waals surface area contributed by atoms with E-state index in [0.29, 0.717) is 5.56 Å². The standard InChI is InChI=1S/C11H13FO4S/c1-7-4-5-9(12)10(6-7)16-11(13)8(2)17(3,14)15/h4-6,8H,1-3H3/t8-/m1/s1. The number of halogens is 1. The number of ether oxygens (including phenoxy) is 1. The third-order valence-electron chi connectivity index (χ3n) is 2.27. The Kier molecular flexibility index (Phi) is 3.87. The largest absolute Gasteiger partial charge is 0.422 e. The minimum atomic E-state index is -3.54. The Bertz CT molecular complexity index is 536. The van der Waals surface area contributed by atoms with Crippen LogP contribution >= 0.6 is 0 Å². The Morgan fingerprint density at radius 1 is 1.41 bits per heavy atom. The topological polar surface area (TPSA) is 60.4 Å². The van der Waals surface area contributed by atoms with Crippen LogP contribution in [-0.4, -0.2) is 25.9 Å². The van der Waals surface area contributed by atoms with Crippen molar-refractivity contribution in [2.24, 2.45) is 0 Å². The summed E-state index contributed by atoms with van der Waals surface area (Å²) in [7, 11) is -3.54. The fourth-order valence-corrected chi connectivity index (χ4v) is 1.45. The summed E-state index contributed by atoms with van der Waals surface area (Å²) < 4.78 is 40.2. The molecule has 0 fully saturated rings. The molecule has 0 heterocycles. The smallest absolute Gasteiger partial charge is 0.329 e. The SMILES string of the molecule is Cc1ccc(F)c(OC(=O)[C@@H](C)S(C)(=O)=O)c1. The molecule has 0 aromatic heterocycles. The van der Waals surface area contributed by atoms with Crippen molar-refractivity contribution >= 4 is 15.8 Å². The predicted molar refractivity (Wildman–Crippen MR) is 61.1 cm³/mol. The lowest BCUT2D eigenvalue weighted by Gasteiger charge is -2.10. The second kappa shape index (κ2) is 4.83. The Hall–Kier alpha value is -1.43.